The molecule has 0 aliphatic heterocycles. The van der Waals surface area contributed by atoms with Gasteiger partial charge in [-0.2, -0.15) is 0 Å². The molecule has 0 spiro atoms. The molecule has 0 radical (unpaired) electrons. The van der Waals surface area contributed by atoms with Gasteiger partial charge in [0, 0.05) is 17.6 Å². The molecule has 5 heteroatoms. The first-order valence-corrected chi connectivity index (χ1v) is 6.88. The van der Waals surface area contributed by atoms with Crippen molar-refractivity contribution in [3.63, 3.8) is 0 Å². The van der Waals surface area contributed by atoms with Crippen molar-refractivity contribution in [3.05, 3.63) is 34.9 Å². The third-order valence-corrected chi connectivity index (χ3v) is 3.25. The van der Waals surface area contributed by atoms with Crippen LogP contribution >= 0.6 is 11.6 Å². The lowest BCUT2D eigenvalue weighted by molar-refractivity contribution is 0.0265. The molecule has 108 valence electrons. The highest BCUT2D eigenvalue weighted by molar-refractivity contribution is 6.31. The smallest absolute Gasteiger partial charge is 0.0897 e. The van der Waals surface area contributed by atoms with Crippen molar-refractivity contribution in [3.8, 4) is 0 Å². The zero-order chi connectivity index (χ0) is 14.1. The van der Waals surface area contributed by atoms with E-state index in [4.69, 9.17) is 21.4 Å². The number of aliphatic hydroxyl groups excluding tert-OH is 2. The molecule has 0 amide bonds. The predicted molar refractivity (Wildman–Crippen MR) is 76.3 cm³/mol. The lowest BCUT2D eigenvalue weighted by Crippen LogP contribution is -2.39. The van der Waals surface area contributed by atoms with Gasteiger partial charge in [0.15, 0.2) is 0 Å². The van der Waals surface area contributed by atoms with Gasteiger partial charge >= 0.3 is 0 Å². The Balaban J connectivity index is 2.20. The summed E-state index contributed by atoms with van der Waals surface area (Å²) in [6.45, 7) is 3.08. The van der Waals surface area contributed by atoms with E-state index in [0.717, 1.165) is 12.0 Å². The van der Waals surface area contributed by atoms with E-state index >= 15 is 0 Å². The number of benzene rings is 1. The summed E-state index contributed by atoms with van der Waals surface area (Å²) < 4.78 is 5.42. The molecule has 1 aromatic rings. The largest absolute Gasteiger partial charge is 0.395 e. The molecule has 19 heavy (non-hydrogen) atoms. The second kappa shape index (κ2) is 9.28. The molecular weight excluding hydrogens is 266 g/mol. The number of ether oxygens (including phenoxy) is 1. The van der Waals surface area contributed by atoms with Gasteiger partial charge < -0.3 is 20.3 Å². The molecule has 2 atom stereocenters. The zero-order valence-corrected chi connectivity index (χ0v) is 11.9. The fourth-order valence-electron chi connectivity index (χ4n) is 1.62. The summed E-state index contributed by atoms with van der Waals surface area (Å²) in [5.41, 5.74) is 0.908. The van der Waals surface area contributed by atoms with Crippen molar-refractivity contribution in [2.24, 2.45) is 0 Å². The van der Waals surface area contributed by atoms with Crippen molar-refractivity contribution in [2.75, 3.05) is 19.8 Å². The minimum atomic E-state index is -0.594. The quantitative estimate of drug-likeness (QED) is 0.645. The average Bonchev–Trinajstić information content (AvgIpc) is 2.42. The second-order valence-corrected chi connectivity index (χ2v) is 4.86. The SMILES string of the molecule is CCC(CO)NCC(O)COCc1ccccc1Cl. The normalized spacial score (nSPS) is 14.3. The number of hydrogen-bond donors (Lipinski definition) is 3. The summed E-state index contributed by atoms with van der Waals surface area (Å²) in [5, 5.41) is 22.5. The maximum Gasteiger partial charge on any atom is 0.0897 e. The summed E-state index contributed by atoms with van der Waals surface area (Å²) in [5.74, 6) is 0. The number of halogens is 1. The molecule has 0 aliphatic carbocycles. The Hall–Kier alpha value is -0.650. The monoisotopic (exact) mass is 287 g/mol. The molecule has 3 N–H and O–H groups in total. The highest BCUT2D eigenvalue weighted by Gasteiger charge is 2.09. The van der Waals surface area contributed by atoms with E-state index in [1.54, 1.807) is 0 Å². The molecule has 4 nitrogen and oxygen atoms in total. The van der Waals surface area contributed by atoms with Crippen LogP contribution in [0.25, 0.3) is 0 Å². The predicted octanol–water partition coefficient (Wildman–Crippen LogP) is 1.58. The van der Waals surface area contributed by atoms with Gasteiger partial charge in [0.1, 0.15) is 0 Å². The highest BCUT2D eigenvalue weighted by atomic mass is 35.5. The third kappa shape index (κ3) is 6.36. The molecule has 0 saturated heterocycles. The first-order valence-electron chi connectivity index (χ1n) is 6.50. The van der Waals surface area contributed by atoms with Crippen molar-refractivity contribution in [1.29, 1.82) is 0 Å². The molecule has 0 aromatic heterocycles. The van der Waals surface area contributed by atoms with E-state index in [2.05, 4.69) is 5.32 Å². The van der Waals surface area contributed by atoms with Crippen LogP contribution in [0.3, 0.4) is 0 Å². The number of aliphatic hydroxyl groups is 2. The van der Waals surface area contributed by atoms with Crippen molar-refractivity contribution < 1.29 is 14.9 Å². The topological polar surface area (TPSA) is 61.7 Å². The fraction of sp³-hybridized carbons (Fsp3) is 0.571. The first kappa shape index (κ1) is 16.4. The summed E-state index contributed by atoms with van der Waals surface area (Å²) in [7, 11) is 0. The summed E-state index contributed by atoms with van der Waals surface area (Å²) in [4.78, 5) is 0. The van der Waals surface area contributed by atoms with Gasteiger partial charge in [-0.15, -0.1) is 0 Å². The van der Waals surface area contributed by atoms with Crippen molar-refractivity contribution in [1.82, 2.24) is 5.32 Å². The Morgan fingerprint density at radius 2 is 2.11 bits per heavy atom. The van der Waals surface area contributed by atoms with E-state index in [9.17, 15) is 5.11 Å². The number of rotatable bonds is 9. The molecular formula is C14H22ClNO3. The van der Waals surface area contributed by atoms with E-state index in [0.29, 0.717) is 18.2 Å². The van der Waals surface area contributed by atoms with Gasteiger partial charge in [-0.1, -0.05) is 36.7 Å². The minimum Gasteiger partial charge on any atom is -0.395 e. The van der Waals surface area contributed by atoms with Crippen LogP contribution in [-0.2, 0) is 11.3 Å². The van der Waals surface area contributed by atoms with E-state index in [1.165, 1.54) is 0 Å². The second-order valence-electron chi connectivity index (χ2n) is 4.46. The Morgan fingerprint density at radius 1 is 1.37 bits per heavy atom. The molecule has 0 saturated carbocycles. The molecule has 0 heterocycles. The summed E-state index contributed by atoms with van der Waals surface area (Å²) in [6, 6.07) is 7.50. The summed E-state index contributed by atoms with van der Waals surface area (Å²) in [6.07, 6.45) is 0.229. The Labute approximate surface area is 119 Å². The van der Waals surface area contributed by atoms with E-state index in [-0.39, 0.29) is 19.3 Å². The van der Waals surface area contributed by atoms with Gasteiger partial charge in [0.25, 0.3) is 0 Å². The third-order valence-electron chi connectivity index (χ3n) is 2.88. The molecule has 0 bridgehead atoms. The van der Waals surface area contributed by atoms with Crippen LogP contribution in [0.15, 0.2) is 24.3 Å². The lowest BCUT2D eigenvalue weighted by Gasteiger charge is -2.17. The number of hydrogen-bond acceptors (Lipinski definition) is 4. The highest BCUT2D eigenvalue weighted by Crippen LogP contribution is 2.15. The molecule has 1 rings (SSSR count). The average molecular weight is 288 g/mol. The fourth-order valence-corrected chi connectivity index (χ4v) is 1.81. The Bertz CT molecular complexity index is 358. The Kier molecular flexibility index (Phi) is 8.02. The van der Waals surface area contributed by atoms with Crippen LogP contribution in [0.4, 0.5) is 0 Å². The molecule has 1 aromatic carbocycles. The van der Waals surface area contributed by atoms with E-state index < -0.39 is 6.10 Å². The van der Waals surface area contributed by atoms with Crippen LogP contribution in [0.1, 0.15) is 18.9 Å². The molecule has 0 fully saturated rings. The standard InChI is InChI=1S/C14H22ClNO3/c1-2-12(8-17)16-7-13(18)10-19-9-11-5-3-4-6-14(11)15/h3-6,12-13,16-18H,2,7-10H2,1H3. The van der Waals surface area contributed by atoms with Crippen molar-refractivity contribution >= 4 is 11.6 Å². The van der Waals surface area contributed by atoms with Gasteiger partial charge in [-0.05, 0) is 18.1 Å². The Morgan fingerprint density at radius 3 is 2.74 bits per heavy atom. The molecule has 2 unspecified atom stereocenters. The van der Waals surface area contributed by atoms with Crippen LogP contribution in [-0.4, -0.2) is 42.1 Å². The maximum atomic E-state index is 9.73. The summed E-state index contributed by atoms with van der Waals surface area (Å²) >= 11 is 6.00. The maximum absolute atomic E-state index is 9.73. The number of nitrogens with one attached hydrogen (secondary N) is 1. The van der Waals surface area contributed by atoms with Gasteiger partial charge in [0.2, 0.25) is 0 Å². The van der Waals surface area contributed by atoms with E-state index in [1.807, 2.05) is 31.2 Å². The zero-order valence-electron chi connectivity index (χ0n) is 11.2. The van der Waals surface area contributed by atoms with Crippen molar-refractivity contribution in [2.45, 2.75) is 32.1 Å². The van der Waals surface area contributed by atoms with Gasteiger partial charge in [0.05, 0.1) is 25.9 Å². The first-order chi connectivity index (χ1) is 9.17. The van der Waals surface area contributed by atoms with Crippen LogP contribution < -0.4 is 5.32 Å². The lowest BCUT2D eigenvalue weighted by atomic mass is 10.2. The van der Waals surface area contributed by atoms with Crippen LogP contribution in [0.2, 0.25) is 5.02 Å². The van der Waals surface area contributed by atoms with Gasteiger partial charge in [-0.3, -0.25) is 0 Å². The molecule has 0 aliphatic rings. The van der Waals surface area contributed by atoms with Crippen LogP contribution in [0, 0.1) is 0 Å². The van der Waals surface area contributed by atoms with Crippen LogP contribution in [0.5, 0.6) is 0 Å². The van der Waals surface area contributed by atoms with Gasteiger partial charge in [-0.25, -0.2) is 0 Å². The minimum absolute atomic E-state index is 0.0261.